The molecule has 0 saturated heterocycles. The zero-order chi connectivity index (χ0) is 16.8. The molecule has 3 N–H and O–H groups in total. The minimum atomic E-state index is -0.830. The van der Waals surface area contributed by atoms with Crippen LogP contribution in [0.3, 0.4) is 0 Å². The lowest BCUT2D eigenvalue weighted by Crippen LogP contribution is -2.36. The summed E-state index contributed by atoms with van der Waals surface area (Å²) in [6, 6.07) is 8.32. The number of hydrogen-bond donors (Lipinski definition) is 3. The van der Waals surface area contributed by atoms with E-state index in [1.165, 1.54) is 6.26 Å². The molecule has 0 aliphatic carbocycles. The number of aliphatic hydroxyl groups excluding tert-OH is 1. The Morgan fingerprint density at radius 2 is 2.09 bits per heavy atom. The number of benzene rings is 1. The lowest BCUT2D eigenvalue weighted by Gasteiger charge is -2.10. The Morgan fingerprint density at radius 1 is 1.30 bits per heavy atom. The van der Waals surface area contributed by atoms with Crippen LogP contribution in [0.15, 0.2) is 41.0 Å². The van der Waals surface area contributed by atoms with Crippen LogP contribution in [-0.4, -0.2) is 23.5 Å². The summed E-state index contributed by atoms with van der Waals surface area (Å²) in [7, 11) is 0. The Hall–Kier alpha value is -2.31. The summed E-state index contributed by atoms with van der Waals surface area (Å²) in [5.74, 6) is -1.16. The lowest BCUT2D eigenvalue weighted by molar-refractivity contribution is -0.136. The van der Waals surface area contributed by atoms with E-state index in [0.29, 0.717) is 16.5 Å². The number of carbonyl (C=O) groups excluding carboxylic acids is 2. The first-order chi connectivity index (χ1) is 11.0. The Kier molecular flexibility index (Phi) is 5.78. The van der Waals surface area contributed by atoms with Gasteiger partial charge in [0.2, 0.25) is 0 Å². The summed E-state index contributed by atoms with van der Waals surface area (Å²) in [5, 5.41) is 15.2. The standard InChI is InChI=1S/C16H17ClN2O4/c1-10-4-5-11(17)9-12(10)19-16(22)15(21)18-7-6-13(20)14-3-2-8-23-14/h2-5,8-9,13,20H,6-7H2,1H3,(H,18,21)(H,19,22). The third kappa shape index (κ3) is 4.84. The van der Waals surface area contributed by atoms with E-state index < -0.39 is 17.9 Å². The second-order valence-electron chi connectivity index (χ2n) is 4.99. The second-order valence-corrected chi connectivity index (χ2v) is 5.43. The molecule has 2 rings (SSSR count). The maximum Gasteiger partial charge on any atom is 0.313 e. The van der Waals surface area contributed by atoms with Crippen molar-refractivity contribution in [2.45, 2.75) is 19.4 Å². The molecule has 1 aromatic carbocycles. The molecular weight excluding hydrogens is 320 g/mol. The van der Waals surface area contributed by atoms with Crippen molar-refractivity contribution in [3.05, 3.63) is 52.9 Å². The minimum Gasteiger partial charge on any atom is -0.467 e. The molecule has 122 valence electrons. The van der Waals surface area contributed by atoms with Crippen molar-refractivity contribution in [1.82, 2.24) is 5.32 Å². The minimum absolute atomic E-state index is 0.142. The third-order valence-corrected chi connectivity index (χ3v) is 3.46. The van der Waals surface area contributed by atoms with Gasteiger partial charge in [-0.25, -0.2) is 0 Å². The van der Waals surface area contributed by atoms with Gasteiger partial charge in [0.25, 0.3) is 0 Å². The van der Waals surface area contributed by atoms with Crippen LogP contribution in [0, 0.1) is 6.92 Å². The highest BCUT2D eigenvalue weighted by molar-refractivity contribution is 6.40. The molecule has 0 fully saturated rings. The van der Waals surface area contributed by atoms with Gasteiger partial charge in [-0.1, -0.05) is 17.7 Å². The average molecular weight is 337 g/mol. The van der Waals surface area contributed by atoms with Crippen LogP contribution in [0.4, 0.5) is 5.69 Å². The molecular formula is C16H17ClN2O4. The molecule has 7 heteroatoms. The molecule has 0 radical (unpaired) electrons. The fraction of sp³-hybridized carbons (Fsp3) is 0.250. The lowest BCUT2D eigenvalue weighted by atomic mass is 10.2. The molecule has 2 amide bonds. The Bertz CT molecular complexity index is 685. The monoisotopic (exact) mass is 336 g/mol. The Balaban J connectivity index is 1.81. The highest BCUT2D eigenvalue weighted by Crippen LogP contribution is 2.20. The van der Waals surface area contributed by atoms with E-state index >= 15 is 0 Å². The molecule has 6 nitrogen and oxygen atoms in total. The maximum absolute atomic E-state index is 11.8. The van der Waals surface area contributed by atoms with Gasteiger partial charge in [-0.15, -0.1) is 0 Å². The summed E-state index contributed by atoms with van der Waals surface area (Å²) >= 11 is 5.86. The van der Waals surface area contributed by atoms with Crippen LogP contribution in [0.1, 0.15) is 23.8 Å². The van der Waals surface area contributed by atoms with Gasteiger partial charge in [0.05, 0.1) is 6.26 Å². The van der Waals surface area contributed by atoms with Gasteiger partial charge in [-0.2, -0.15) is 0 Å². The number of furan rings is 1. The van der Waals surface area contributed by atoms with E-state index in [2.05, 4.69) is 10.6 Å². The SMILES string of the molecule is Cc1ccc(Cl)cc1NC(=O)C(=O)NCCC(O)c1ccco1. The maximum atomic E-state index is 11.8. The number of nitrogens with one attached hydrogen (secondary N) is 2. The van der Waals surface area contributed by atoms with Crippen LogP contribution in [0.5, 0.6) is 0 Å². The Morgan fingerprint density at radius 3 is 2.78 bits per heavy atom. The largest absolute Gasteiger partial charge is 0.467 e. The number of aryl methyl sites for hydroxylation is 1. The van der Waals surface area contributed by atoms with Gasteiger partial charge < -0.3 is 20.2 Å². The van der Waals surface area contributed by atoms with Crippen LogP contribution in [0.25, 0.3) is 0 Å². The number of amides is 2. The van der Waals surface area contributed by atoms with Crippen molar-refractivity contribution in [1.29, 1.82) is 0 Å². The van der Waals surface area contributed by atoms with Gasteiger partial charge in [-0.3, -0.25) is 9.59 Å². The van der Waals surface area contributed by atoms with Crippen LogP contribution in [-0.2, 0) is 9.59 Å². The first-order valence-corrected chi connectivity index (χ1v) is 7.42. The molecule has 1 aromatic heterocycles. The quantitative estimate of drug-likeness (QED) is 0.731. The van der Waals surface area contributed by atoms with Gasteiger partial charge >= 0.3 is 11.8 Å². The summed E-state index contributed by atoms with van der Waals surface area (Å²) < 4.78 is 5.05. The van der Waals surface area contributed by atoms with Crippen molar-refractivity contribution in [3.63, 3.8) is 0 Å². The zero-order valence-electron chi connectivity index (χ0n) is 12.5. The van der Waals surface area contributed by atoms with E-state index in [9.17, 15) is 14.7 Å². The van der Waals surface area contributed by atoms with Crippen LogP contribution in [0.2, 0.25) is 5.02 Å². The summed E-state index contributed by atoms with van der Waals surface area (Å²) in [4.78, 5) is 23.6. The van der Waals surface area contributed by atoms with Gasteiger partial charge in [0, 0.05) is 17.3 Å². The molecule has 0 spiro atoms. The number of halogens is 1. The average Bonchev–Trinajstić information content (AvgIpc) is 3.05. The van der Waals surface area contributed by atoms with E-state index in [1.54, 1.807) is 37.3 Å². The molecule has 0 bridgehead atoms. The number of hydrogen-bond acceptors (Lipinski definition) is 4. The topological polar surface area (TPSA) is 91.6 Å². The third-order valence-electron chi connectivity index (χ3n) is 3.23. The van der Waals surface area contributed by atoms with Crippen molar-refractivity contribution >= 4 is 29.1 Å². The van der Waals surface area contributed by atoms with E-state index in [1.807, 2.05) is 0 Å². The molecule has 23 heavy (non-hydrogen) atoms. The second kappa shape index (κ2) is 7.80. The molecule has 0 saturated carbocycles. The predicted molar refractivity (Wildman–Crippen MR) is 86.1 cm³/mol. The number of rotatable bonds is 5. The highest BCUT2D eigenvalue weighted by atomic mass is 35.5. The number of carbonyl (C=O) groups is 2. The van der Waals surface area contributed by atoms with Crippen molar-refractivity contribution < 1.29 is 19.1 Å². The normalized spacial score (nSPS) is 11.8. The molecule has 0 aliphatic heterocycles. The number of aliphatic hydroxyl groups is 1. The van der Waals surface area contributed by atoms with E-state index in [4.69, 9.17) is 16.0 Å². The van der Waals surface area contributed by atoms with E-state index in [0.717, 1.165) is 5.56 Å². The fourth-order valence-electron chi connectivity index (χ4n) is 1.93. The summed E-state index contributed by atoms with van der Waals surface area (Å²) in [6.45, 7) is 1.94. The summed E-state index contributed by atoms with van der Waals surface area (Å²) in [6.07, 6.45) is 0.865. The Labute approximate surface area is 138 Å². The van der Waals surface area contributed by atoms with Gasteiger partial charge in [-0.05, 0) is 43.2 Å². The van der Waals surface area contributed by atoms with Crippen molar-refractivity contribution in [2.24, 2.45) is 0 Å². The van der Waals surface area contributed by atoms with Crippen molar-refractivity contribution in [3.8, 4) is 0 Å². The zero-order valence-corrected chi connectivity index (χ0v) is 13.3. The predicted octanol–water partition coefficient (Wildman–Crippen LogP) is 2.42. The first-order valence-electron chi connectivity index (χ1n) is 7.04. The molecule has 0 aliphatic rings. The molecule has 1 unspecified atom stereocenters. The van der Waals surface area contributed by atoms with E-state index in [-0.39, 0.29) is 13.0 Å². The van der Waals surface area contributed by atoms with Crippen LogP contribution < -0.4 is 10.6 Å². The molecule has 2 aromatic rings. The first kappa shape index (κ1) is 17.1. The fourth-order valence-corrected chi connectivity index (χ4v) is 2.11. The smallest absolute Gasteiger partial charge is 0.313 e. The molecule has 1 atom stereocenters. The van der Waals surface area contributed by atoms with Gasteiger partial charge in [0.15, 0.2) is 0 Å². The van der Waals surface area contributed by atoms with Crippen molar-refractivity contribution in [2.75, 3.05) is 11.9 Å². The number of anilines is 1. The highest BCUT2D eigenvalue weighted by Gasteiger charge is 2.16. The van der Waals surface area contributed by atoms with Crippen LogP contribution >= 0.6 is 11.6 Å². The van der Waals surface area contributed by atoms with Gasteiger partial charge in [0.1, 0.15) is 11.9 Å². The summed E-state index contributed by atoms with van der Waals surface area (Å²) in [5.41, 5.74) is 1.28. The molecule has 1 heterocycles.